The Morgan fingerprint density at radius 2 is 1.78 bits per heavy atom. The van der Waals surface area contributed by atoms with Gasteiger partial charge in [-0.1, -0.05) is 42.0 Å². The molecule has 2 aromatic carbocycles. The molecule has 2 aromatic rings. The van der Waals surface area contributed by atoms with Crippen LogP contribution < -0.4 is 10.0 Å². The number of hydrogen-bond acceptors (Lipinski definition) is 4. The molecule has 1 amide bonds. The van der Waals surface area contributed by atoms with E-state index in [2.05, 4.69) is 10.0 Å². The average Bonchev–Trinajstić information content (AvgIpc) is 2.59. The minimum Gasteiger partial charge on any atom is -0.481 e. The van der Waals surface area contributed by atoms with E-state index in [-0.39, 0.29) is 24.2 Å². The molecule has 8 heteroatoms. The van der Waals surface area contributed by atoms with E-state index in [1.165, 1.54) is 6.07 Å². The molecule has 0 saturated heterocycles. The lowest BCUT2D eigenvalue weighted by atomic mass is 9.99. The quantitative estimate of drug-likeness (QED) is 0.638. The molecule has 27 heavy (non-hydrogen) atoms. The van der Waals surface area contributed by atoms with Crippen molar-refractivity contribution < 1.29 is 23.1 Å². The number of anilines is 1. The number of amides is 1. The fourth-order valence-electron chi connectivity index (χ4n) is 2.59. The number of carbonyl (C=O) groups excluding carboxylic acids is 1. The smallest absolute Gasteiger partial charge is 0.308 e. The third-order valence-electron chi connectivity index (χ3n) is 3.90. The maximum atomic E-state index is 12.5. The zero-order valence-electron chi connectivity index (χ0n) is 15.1. The van der Waals surface area contributed by atoms with Crippen LogP contribution >= 0.6 is 0 Å². The molecular weight excluding hydrogens is 368 g/mol. The Kier molecular flexibility index (Phi) is 6.57. The number of carboxylic acids is 1. The molecule has 0 heterocycles. The number of carboxylic acid groups (broad SMARTS) is 1. The summed E-state index contributed by atoms with van der Waals surface area (Å²) < 4.78 is 25.3. The highest BCUT2D eigenvalue weighted by atomic mass is 32.2. The van der Waals surface area contributed by atoms with Gasteiger partial charge in [-0.2, -0.15) is 0 Å². The second kappa shape index (κ2) is 8.68. The van der Waals surface area contributed by atoms with Gasteiger partial charge in [-0.3, -0.25) is 14.3 Å². The van der Waals surface area contributed by atoms with Crippen molar-refractivity contribution in [2.24, 2.45) is 5.92 Å². The van der Waals surface area contributed by atoms with Gasteiger partial charge in [-0.05, 0) is 31.0 Å². The third kappa shape index (κ3) is 6.41. The highest BCUT2D eigenvalue weighted by Gasteiger charge is 2.21. The van der Waals surface area contributed by atoms with Gasteiger partial charge in [-0.15, -0.1) is 0 Å². The standard InChI is InChI=1S/C19H22N2O5S/c1-13-8-9-17(21-27(2,25)26)16(10-13)18(22)20-12-15(19(23)24)11-14-6-4-3-5-7-14/h3-10,15,21H,11-12H2,1-2H3,(H,20,22)(H,23,24). The van der Waals surface area contributed by atoms with Crippen LogP contribution in [0.25, 0.3) is 0 Å². The van der Waals surface area contributed by atoms with Crippen LogP contribution in [0.2, 0.25) is 0 Å². The highest BCUT2D eigenvalue weighted by Crippen LogP contribution is 2.19. The van der Waals surface area contributed by atoms with Crippen molar-refractivity contribution in [2.45, 2.75) is 13.3 Å². The predicted octanol–water partition coefficient (Wildman–Crippen LogP) is 2.04. The lowest BCUT2D eigenvalue weighted by molar-refractivity contribution is -0.141. The number of hydrogen-bond donors (Lipinski definition) is 3. The molecule has 0 saturated carbocycles. The first kappa shape index (κ1) is 20.4. The molecule has 0 aliphatic carbocycles. The van der Waals surface area contributed by atoms with Crippen LogP contribution in [0.15, 0.2) is 48.5 Å². The minimum atomic E-state index is -3.56. The van der Waals surface area contributed by atoms with Crippen molar-refractivity contribution in [2.75, 3.05) is 17.5 Å². The normalized spacial score (nSPS) is 12.2. The van der Waals surface area contributed by atoms with Gasteiger partial charge in [-0.25, -0.2) is 8.42 Å². The second-order valence-corrected chi connectivity index (χ2v) is 8.11. The van der Waals surface area contributed by atoms with Crippen LogP contribution in [0.5, 0.6) is 0 Å². The summed E-state index contributed by atoms with van der Waals surface area (Å²) in [5.41, 5.74) is 1.92. The summed E-state index contributed by atoms with van der Waals surface area (Å²) in [6.45, 7) is 1.70. The maximum Gasteiger partial charge on any atom is 0.308 e. The fourth-order valence-corrected chi connectivity index (χ4v) is 3.17. The first-order valence-electron chi connectivity index (χ1n) is 8.29. The lowest BCUT2D eigenvalue weighted by Gasteiger charge is -2.15. The highest BCUT2D eigenvalue weighted by molar-refractivity contribution is 7.92. The van der Waals surface area contributed by atoms with Crippen LogP contribution in [0.4, 0.5) is 5.69 Å². The van der Waals surface area contributed by atoms with Gasteiger partial charge in [0.25, 0.3) is 5.91 Å². The summed E-state index contributed by atoms with van der Waals surface area (Å²) in [7, 11) is -3.56. The number of nitrogens with one attached hydrogen (secondary N) is 2. The first-order valence-corrected chi connectivity index (χ1v) is 10.2. The second-order valence-electron chi connectivity index (χ2n) is 6.36. The summed E-state index contributed by atoms with van der Waals surface area (Å²) >= 11 is 0. The van der Waals surface area contributed by atoms with Crippen LogP contribution in [0.3, 0.4) is 0 Å². The number of benzene rings is 2. The van der Waals surface area contributed by atoms with Crippen molar-refractivity contribution in [3.8, 4) is 0 Å². The molecule has 0 aromatic heterocycles. The summed E-state index contributed by atoms with van der Waals surface area (Å²) in [5, 5.41) is 12.0. The molecule has 144 valence electrons. The van der Waals surface area contributed by atoms with Gasteiger partial charge in [0, 0.05) is 6.54 Å². The van der Waals surface area contributed by atoms with Crippen LogP contribution in [0.1, 0.15) is 21.5 Å². The summed E-state index contributed by atoms with van der Waals surface area (Å²) in [4.78, 5) is 24.1. The third-order valence-corrected chi connectivity index (χ3v) is 4.49. The number of rotatable bonds is 8. The number of carbonyl (C=O) groups is 2. The summed E-state index contributed by atoms with van der Waals surface area (Å²) in [6.07, 6.45) is 1.27. The van der Waals surface area contributed by atoms with Crippen LogP contribution in [-0.4, -0.2) is 38.2 Å². The Bertz CT molecular complexity index is 926. The fraction of sp³-hybridized carbons (Fsp3) is 0.263. The molecule has 0 aliphatic heterocycles. The van der Waals surface area contributed by atoms with Crippen molar-refractivity contribution in [3.05, 3.63) is 65.2 Å². The molecule has 3 N–H and O–H groups in total. The predicted molar refractivity (Wildman–Crippen MR) is 103 cm³/mol. The van der Waals surface area contributed by atoms with Gasteiger partial charge in [0.2, 0.25) is 10.0 Å². The molecule has 1 unspecified atom stereocenters. The van der Waals surface area contributed by atoms with Gasteiger partial charge in [0.1, 0.15) is 0 Å². The zero-order valence-corrected chi connectivity index (χ0v) is 15.9. The van der Waals surface area contributed by atoms with E-state index in [1.54, 1.807) is 19.1 Å². The van der Waals surface area contributed by atoms with E-state index >= 15 is 0 Å². The average molecular weight is 390 g/mol. The summed E-state index contributed by atoms with van der Waals surface area (Å²) in [6, 6.07) is 13.9. The first-order chi connectivity index (χ1) is 12.7. The number of aliphatic carboxylic acids is 1. The Morgan fingerprint density at radius 3 is 2.37 bits per heavy atom. The van der Waals surface area contributed by atoms with E-state index in [0.717, 1.165) is 17.4 Å². The van der Waals surface area contributed by atoms with E-state index in [1.807, 2.05) is 30.3 Å². The van der Waals surface area contributed by atoms with Crippen molar-refractivity contribution in [1.29, 1.82) is 0 Å². The molecule has 0 bridgehead atoms. The minimum absolute atomic E-state index is 0.0741. The molecule has 0 spiro atoms. The van der Waals surface area contributed by atoms with Crippen molar-refractivity contribution in [1.82, 2.24) is 5.32 Å². The summed E-state index contributed by atoms with van der Waals surface area (Å²) in [5.74, 6) is -2.35. The van der Waals surface area contributed by atoms with Crippen LogP contribution in [-0.2, 0) is 21.2 Å². The maximum absolute atomic E-state index is 12.5. The number of sulfonamides is 1. The van der Waals surface area contributed by atoms with Crippen molar-refractivity contribution >= 4 is 27.6 Å². The SMILES string of the molecule is Cc1ccc(NS(C)(=O)=O)c(C(=O)NCC(Cc2ccccc2)C(=O)O)c1. The van der Waals surface area contributed by atoms with E-state index in [9.17, 15) is 23.1 Å². The molecule has 0 fully saturated rings. The zero-order chi connectivity index (χ0) is 20.0. The molecule has 1 atom stereocenters. The largest absolute Gasteiger partial charge is 0.481 e. The monoisotopic (exact) mass is 390 g/mol. The topological polar surface area (TPSA) is 113 Å². The number of aryl methyl sites for hydroxylation is 1. The molecule has 0 aliphatic rings. The van der Waals surface area contributed by atoms with Gasteiger partial charge < -0.3 is 10.4 Å². The molecule has 7 nitrogen and oxygen atoms in total. The van der Waals surface area contributed by atoms with E-state index in [4.69, 9.17) is 0 Å². The van der Waals surface area contributed by atoms with Gasteiger partial charge in [0.05, 0.1) is 23.4 Å². The van der Waals surface area contributed by atoms with Gasteiger partial charge >= 0.3 is 5.97 Å². The van der Waals surface area contributed by atoms with Crippen LogP contribution in [0, 0.1) is 12.8 Å². The van der Waals surface area contributed by atoms with Crippen molar-refractivity contribution in [3.63, 3.8) is 0 Å². The molecular formula is C19H22N2O5S. The molecule has 0 radical (unpaired) electrons. The van der Waals surface area contributed by atoms with E-state index in [0.29, 0.717) is 0 Å². The lowest BCUT2D eigenvalue weighted by Crippen LogP contribution is -2.34. The molecule has 2 rings (SSSR count). The Morgan fingerprint density at radius 1 is 1.11 bits per heavy atom. The van der Waals surface area contributed by atoms with E-state index < -0.39 is 27.8 Å². The Labute approximate surface area is 158 Å². The van der Waals surface area contributed by atoms with Gasteiger partial charge in [0.15, 0.2) is 0 Å². The Balaban J connectivity index is 2.13. The Hall–Kier alpha value is -2.87.